The maximum Gasteiger partial charge on any atom is 0.129 e. The molecule has 1 aromatic heterocycles. The zero-order chi connectivity index (χ0) is 12.9. The van der Waals surface area contributed by atoms with Crippen LogP contribution >= 0.6 is 0 Å². The molecule has 5 rings (SSSR count). The van der Waals surface area contributed by atoms with Crippen LogP contribution in [0.5, 0.6) is 0 Å². The second-order valence-corrected chi connectivity index (χ2v) is 7.12. The van der Waals surface area contributed by atoms with Crippen molar-refractivity contribution in [3.05, 3.63) is 23.8 Å². The van der Waals surface area contributed by atoms with Gasteiger partial charge in [0.25, 0.3) is 0 Å². The van der Waals surface area contributed by atoms with Gasteiger partial charge in [0, 0.05) is 18.8 Å². The molecule has 0 unspecified atom stereocenters. The maximum absolute atomic E-state index is 5.56. The Bertz CT molecular complexity index is 430. The highest BCUT2D eigenvalue weighted by Gasteiger charge is 2.51. The Kier molecular flexibility index (Phi) is 2.66. The molecule has 3 heteroatoms. The zero-order valence-corrected chi connectivity index (χ0v) is 11.5. The Hall–Kier alpha value is -0.960. The van der Waals surface area contributed by atoms with Gasteiger partial charge in [0.2, 0.25) is 0 Å². The molecule has 0 amide bonds. The van der Waals surface area contributed by atoms with Gasteiger partial charge in [-0.25, -0.2) is 9.97 Å². The summed E-state index contributed by atoms with van der Waals surface area (Å²) in [5.74, 6) is 3.84. The molecule has 4 saturated carbocycles. The van der Waals surface area contributed by atoms with Gasteiger partial charge in [-0.05, 0) is 73.8 Å². The molecule has 0 atom stereocenters. The quantitative estimate of drug-likeness (QED) is 0.905. The van der Waals surface area contributed by atoms with E-state index in [1.807, 2.05) is 0 Å². The van der Waals surface area contributed by atoms with Crippen molar-refractivity contribution in [2.75, 3.05) is 6.54 Å². The summed E-state index contributed by atoms with van der Waals surface area (Å²) in [4.78, 5) is 9.07. The lowest BCUT2D eigenvalue weighted by molar-refractivity contribution is -0.00552. The number of rotatable bonds is 3. The predicted molar refractivity (Wildman–Crippen MR) is 74.6 cm³/mol. The Morgan fingerprint density at radius 3 is 2.00 bits per heavy atom. The molecule has 1 aromatic rings. The smallest absolute Gasteiger partial charge is 0.129 e. The van der Waals surface area contributed by atoms with Crippen molar-refractivity contribution in [1.29, 1.82) is 0 Å². The lowest BCUT2D eigenvalue weighted by Gasteiger charge is -2.56. The van der Waals surface area contributed by atoms with Crippen LogP contribution in [0.15, 0.2) is 12.4 Å². The van der Waals surface area contributed by atoms with Crippen molar-refractivity contribution < 1.29 is 0 Å². The van der Waals surface area contributed by atoms with Gasteiger partial charge in [-0.2, -0.15) is 0 Å². The van der Waals surface area contributed by atoms with Gasteiger partial charge in [0.15, 0.2) is 0 Å². The molecule has 2 N–H and O–H groups in total. The Balaban J connectivity index is 1.64. The fourth-order valence-corrected chi connectivity index (χ4v) is 5.35. The topological polar surface area (TPSA) is 51.8 Å². The number of hydrogen-bond acceptors (Lipinski definition) is 3. The second-order valence-electron chi connectivity index (χ2n) is 7.12. The molecule has 102 valence electrons. The highest BCUT2D eigenvalue weighted by atomic mass is 14.9. The number of aromatic nitrogens is 2. The predicted octanol–water partition coefficient (Wildman–Crippen LogP) is 2.45. The minimum atomic E-state index is 0.427. The van der Waals surface area contributed by atoms with Crippen LogP contribution in [-0.2, 0) is 11.8 Å². The van der Waals surface area contributed by atoms with E-state index in [0.29, 0.717) is 12.0 Å². The molecule has 4 aliphatic rings. The second kappa shape index (κ2) is 4.27. The standard InChI is InChI=1S/C16H23N3/c17-2-1-15-18-9-14(10-19-15)16-6-11-3-12(7-16)5-13(4-11)8-16/h9-13H,1-8,17H2. The van der Waals surface area contributed by atoms with E-state index in [4.69, 9.17) is 5.73 Å². The average molecular weight is 257 g/mol. The van der Waals surface area contributed by atoms with Gasteiger partial charge >= 0.3 is 0 Å². The lowest BCUT2D eigenvalue weighted by Crippen LogP contribution is -2.48. The van der Waals surface area contributed by atoms with E-state index in [0.717, 1.165) is 30.0 Å². The minimum absolute atomic E-state index is 0.427. The van der Waals surface area contributed by atoms with E-state index in [-0.39, 0.29) is 0 Å². The Morgan fingerprint density at radius 2 is 1.53 bits per heavy atom. The first-order valence-corrected chi connectivity index (χ1v) is 7.79. The van der Waals surface area contributed by atoms with Gasteiger partial charge in [0.1, 0.15) is 5.82 Å². The van der Waals surface area contributed by atoms with Crippen LogP contribution in [-0.4, -0.2) is 16.5 Å². The van der Waals surface area contributed by atoms with Crippen LogP contribution in [0.25, 0.3) is 0 Å². The molecular formula is C16H23N3. The van der Waals surface area contributed by atoms with Crippen LogP contribution in [0, 0.1) is 17.8 Å². The van der Waals surface area contributed by atoms with Crippen molar-refractivity contribution in [3.8, 4) is 0 Å². The third-order valence-electron chi connectivity index (χ3n) is 5.72. The summed E-state index contributed by atoms with van der Waals surface area (Å²) in [6.07, 6.45) is 13.6. The van der Waals surface area contributed by atoms with Crippen molar-refractivity contribution in [1.82, 2.24) is 9.97 Å². The van der Waals surface area contributed by atoms with Crippen molar-refractivity contribution in [2.24, 2.45) is 23.5 Å². The summed E-state index contributed by atoms with van der Waals surface area (Å²) in [7, 11) is 0. The molecule has 0 radical (unpaired) electrons. The molecule has 4 fully saturated rings. The van der Waals surface area contributed by atoms with E-state index in [1.165, 1.54) is 44.1 Å². The monoisotopic (exact) mass is 257 g/mol. The number of nitrogens with zero attached hydrogens (tertiary/aromatic N) is 2. The first kappa shape index (κ1) is 11.8. The third kappa shape index (κ3) is 1.90. The molecule has 0 spiro atoms. The first-order chi connectivity index (χ1) is 9.27. The van der Waals surface area contributed by atoms with Crippen LogP contribution < -0.4 is 5.73 Å². The summed E-state index contributed by atoms with van der Waals surface area (Å²) < 4.78 is 0. The minimum Gasteiger partial charge on any atom is -0.330 e. The Morgan fingerprint density at radius 1 is 1.00 bits per heavy atom. The van der Waals surface area contributed by atoms with Crippen LogP contribution in [0.1, 0.15) is 49.9 Å². The van der Waals surface area contributed by atoms with E-state index < -0.39 is 0 Å². The van der Waals surface area contributed by atoms with Gasteiger partial charge in [-0.15, -0.1) is 0 Å². The fraction of sp³-hybridized carbons (Fsp3) is 0.750. The molecule has 0 saturated heterocycles. The summed E-state index contributed by atoms with van der Waals surface area (Å²) in [5.41, 5.74) is 7.40. The van der Waals surface area contributed by atoms with Crippen LogP contribution in [0.2, 0.25) is 0 Å². The van der Waals surface area contributed by atoms with Gasteiger partial charge in [-0.1, -0.05) is 0 Å². The highest BCUT2D eigenvalue weighted by molar-refractivity contribution is 5.25. The van der Waals surface area contributed by atoms with Gasteiger partial charge < -0.3 is 5.73 Å². The van der Waals surface area contributed by atoms with E-state index >= 15 is 0 Å². The molecule has 1 heterocycles. The SMILES string of the molecule is NCCc1ncc(C23CC4CC(CC(C4)C2)C3)cn1. The maximum atomic E-state index is 5.56. The van der Waals surface area contributed by atoms with Gasteiger partial charge in [-0.3, -0.25) is 0 Å². The summed E-state index contributed by atoms with van der Waals surface area (Å²) in [5, 5.41) is 0. The summed E-state index contributed by atoms with van der Waals surface area (Å²) in [6, 6.07) is 0. The van der Waals surface area contributed by atoms with Crippen LogP contribution in [0.4, 0.5) is 0 Å². The van der Waals surface area contributed by atoms with Crippen molar-refractivity contribution >= 4 is 0 Å². The van der Waals surface area contributed by atoms with Crippen molar-refractivity contribution in [2.45, 2.75) is 50.4 Å². The molecule has 19 heavy (non-hydrogen) atoms. The van der Waals surface area contributed by atoms with Gasteiger partial charge in [0.05, 0.1) is 0 Å². The third-order valence-corrected chi connectivity index (χ3v) is 5.72. The normalized spacial score (nSPS) is 39.7. The largest absolute Gasteiger partial charge is 0.330 e. The molecule has 4 aliphatic carbocycles. The Labute approximate surface area is 115 Å². The first-order valence-electron chi connectivity index (χ1n) is 7.79. The number of hydrogen-bond donors (Lipinski definition) is 1. The summed E-state index contributed by atoms with van der Waals surface area (Å²) >= 11 is 0. The summed E-state index contributed by atoms with van der Waals surface area (Å²) in [6.45, 7) is 0.636. The average Bonchev–Trinajstić information content (AvgIpc) is 2.38. The molecule has 4 bridgehead atoms. The molecular weight excluding hydrogens is 234 g/mol. The fourth-order valence-electron chi connectivity index (χ4n) is 5.35. The highest BCUT2D eigenvalue weighted by Crippen LogP contribution is 2.60. The van der Waals surface area contributed by atoms with Crippen LogP contribution in [0.3, 0.4) is 0 Å². The van der Waals surface area contributed by atoms with E-state index in [1.54, 1.807) is 0 Å². The lowest BCUT2D eigenvalue weighted by atomic mass is 9.48. The van der Waals surface area contributed by atoms with E-state index in [9.17, 15) is 0 Å². The molecule has 0 aliphatic heterocycles. The molecule has 0 aromatic carbocycles. The zero-order valence-electron chi connectivity index (χ0n) is 11.5. The number of nitrogens with two attached hydrogens (primary N) is 1. The van der Waals surface area contributed by atoms with Crippen molar-refractivity contribution in [3.63, 3.8) is 0 Å². The molecule has 3 nitrogen and oxygen atoms in total. The van der Waals surface area contributed by atoms with E-state index in [2.05, 4.69) is 22.4 Å².